The molecule has 0 spiro atoms. The van der Waals surface area contributed by atoms with Crippen molar-refractivity contribution in [2.75, 3.05) is 13.6 Å². The van der Waals surface area contributed by atoms with E-state index in [2.05, 4.69) is 6.07 Å². The number of amides is 1. The number of benzene rings is 2. The maximum atomic E-state index is 13.4. The minimum atomic E-state index is -0.460. The highest BCUT2D eigenvalue weighted by molar-refractivity contribution is 8.00. The molecule has 0 bridgehead atoms. The van der Waals surface area contributed by atoms with Crippen molar-refractivity contribution in [1.82, 2.24) is 14.5 Å². The molecule has 0 unspecified atom stereocenters. The van der Waals surface area contributed by atoms with E-state index < -0.39 is 5.25 Å². The Hall–Kier alpha value is -3.11. The molecule has 0 aliphatic carbocycles. The molecular formula is C23H24N4O2S. The van der Waals surface area contributed by atoms with Gasteiger partial charge in [-0.2, -0.15) is 5.26 Å². The van der Waals surface area contributed by atoms with Crippen LogP contribution in [0.4, 0.5) is 0 Å². The molecule has 3 rings (SSSR count). The summed E-state index contributed by atoms with van der Waals surface area (Å²) in [6, 6.07) is 15.2. The van der Waals surface area contributed by atoms with Gasteiger partial charge in [-0.25, -0.2) is 4.98 Å². The summed E-state index contributed by atoms with van der Waals surface area (Å²) in [5.74, 6) is -0.106. The Bertz CT molecular complexity index is 1200. The average molecular weight is 421 g/mol. The van der Waals surface area contributed by atoms with E-state index in [1.54, 1.807) is 35.6 Å². The molecule has 3 aromatic rings. The van der Waals surface area contributed by atoms with Crippen LogP contribution in [0.5, 0.6) is 0 Å². The van der Waals surface area contributed by atoms with Gasteiger partial charge >= 0.3 is 0 Å². The second kappa shape index (κ2) is 9.14. The highest BCUT2D eigenvalue weighted by atomic mass is 32.2. The molecule has 1 amide bonds. The average Bonchev–Trinajstić information content (AvgIpc) is 2.73. The van der Waals surface area contributed by atoms with Crippen molar-refractivity contribution in [1.29, 1.82) is 5.26 Å². The second-order valence-electron chi connectivity index (χ2n) is 7.27. The van der Waals surface area contributed by atoms with Crippen LogP contribution in [0.3, 0.4) is 0 Å². The third-order valence-corrected chi connectivity index (χ3v) is 5.96. The second-order valence-corrected chi connectivity index (χ2v) is 8.58. The van der Waals surface area contributed by atoms with Gasteiger partial charge in [0.25, 0.3) is 5.56 Å². The van der Waals surface area contributed by atoms with Crippen LogP contribution in [0, 0.1) is 25.2 Å². The highest BCUT2D eigenvalue weighted by Crippen LogP contribution is 2.27. The Kier molecular flexibility index (Phi) is 6.58. The summed E-state index contributed by atoms with van der Waals surface area (Å²) in [7, 11) is 1.68. The molecule has 6 nitrogen and oxygen atoms in total. The van der Waals surface area contributed by atoms with Crippen LogP contribution in [-0.2, 0) is 4.79 Å². The Morgan fingerprint density at radius 2 is 2.00 bits per heavy atom. The number of nitrogens with zero attached hydrogens (tertiary/aromatic N) is 4. The van der Waals surface area contributed by atoms with E-state index in [-0.39, 0.29) is 17.9 Å². The molecule has 30 heavy (non-hydrogen) atoms. The fourth-order valence-electron chi connectivity index (χ4n) is 3.21. The van der Waals surface area contributed by atoms with Crippen LogP contribution in [-0.4, -0.2) is 39.2 Å². The molecule has 0 radical (unpaired) electrons. The lowest BCUT2D eigenvalue weighted by Crippen LogP contribution is -2.34. The van der Waals surface area contributed by atoms with Crippen molar-refractivity contribution < 1.29 is 4.79 Å². The Balaban J connectivity index is 2.12. The molecule has 1 atom stereocenters. The minimum Gasteiger partial charge on any atom is -0.344 e. The smallest absolute Gasteiger partial charge is 0.266 e. The lowest BCUT2D eigenvalue weighted by Gasteiger charge is -2.21. The van der Waals surface area contributed by atoms with Crippen LogP contribution >= 0.6 is 11.8 Å². The molecule has 1 heterocycles. The van der Waals surface area contributed by atoms with Gasteiger partial charge in [0.2, 0.25) is 5.91 Å². The van der Waals surface area contributed by atoms with Crippen molar-refractivity contribution in [2.24, 2.45) is 0 Å². The van der Waals surface area contributed by atoms with E-state index in [0.29, 0.717) is 22.6 Å². The topological polar surface area (TPSA) is 79.0 Å². The predicted molar refractivity (Wildman–Crippen MR) is 120 cm³/mol. The molecular weight excluding hydrogens is 396 g/mol. The lowest BCUT2D eigenvalue weighted by atomic mass is 10.1. The van der Waals surface area contributed by atoms with E-state index >= 15 is 0 Å². The SMILES string of the molecule is Cc1ccc(C)c(-n2c(S[C@H](C)C(=O)N(C)CCC#N)nc3ccccc3c2=O)c1. The number of nitriles is 1. The third kappa shape index (κ3) is 4.39. The van der Waals surface area contributed by atoms with E-state index in [9.17, 15) is 9.59 Å². The summed E-state index contributed by atoms with van der Waals surface area (Å²) in [6.45, 7) is 6.10. The van der Waals surface area contributed by atoms with Gasteiger partial charge in [-0.05, 0) is 50.1 Å². The molecule has 0 aliphatic rings. The number of aryl methyl sites for hydroxylation is 2. The maximum absolute atomic E-state index is 13.4. The molecule has 0 aliphatic heterocycles. The number of para-hydroxylation sites is 1. The number of thioether (sulfide) groups is 1. The van der Waals surface area contributed by atoms with Crippen LogP contribution in [0.1, 0.15) is 24.5 Å². The fraction of sp³-hybridized carbons (Fsp3) is 0.304. The van der Waals surface area contributed by atoms with Gasteiger partial charge in [-0.15, -0.1) is 0 Å². The molecule has 7 heteroatoms. The van der Waals surface area contributed by atoms with Crippen LogP contribution in [0.15, 0.2) is 52.4 Å². The van der Waals surface area contributed by atoms with Gasteiger partial charge in [0.1, 0.15) is 0 Å². The van der Waals surface area contributed by atoms with Crippen LogP contribution < -0.4 is 5.56 Å². The summed E-state index contributed by atoms with van der Waals surface area (Å²) < 4.78 is 1.61. The van der Waals surface area contributed by atoms with Gasteiger partial charge in [-0.3, -0.25) is 14.2 Å². The lowest BCUT2D eigenvalue weighted by molar-refractivity contribution is -0.128. The van der Waals surface area contributed by atoms with Crippen LogP contribution in [0.25, 0.3) is 16.6 Å². The van der Waals surface area contributed by atoms with Gasteiger partial charge < -0.3 is 4.90 Å². The first-order valence-corrected chi connectivity index (χ1v) is 10.6. The zero-order chi connectivity index (χ0) is 21.8. The summed E-state index contributed by atoms with van der Waals surface area (Å²) >= 11 is 1.26. The highest BCUT2D eigenvalue weighted by Gasteiger charge is 2.23. The van der Waals surface area contributed by atoms with Crippen molar-refractivity contribution >= 4 is 28.6 Å². The normalized spacial score (nSPS) is 11.8. The standard InChI is InChI=1S/C23H24N4O2S/c1-15-10-11-16(2)20(14-15)27-22(29)18-8-5-6-9-19(18)25-23(27)30-17(3)21(28)26(4)13-7-12-24/h5-6,8-11,14,17H,7,13H2,1-4H3/t17-/m1/s1. The van der Waals surface area contributed by atoms with E-state index in [0.717, 1.165) is 16.8 Å². The number of aromatic nitrogens is 2. The molecule has 0 fully saturated rings. The monoisotopic (exact) mass is 420 g/mol. The summed E-state index contributed by atoms with van der Waals surface area (Å²) in [5, 5.41) is 9.32. The Labute approximate surface area is 180 Å². The summed E-state index contributed by atoms with van der Waals surface area (Å²) in [6.07, 6.45) is 0.279. The Morgan fingerprint density at radius 3 is 2.73 bits per heavy atom. The first-order chi connectivity index (χ1) is 14.3. The zero-order valence-corrected chi connectivity index (χ0v) is 18.4. The fourth-order valence-corrected chi connectivity index (χ4v) is 4.25. The van der Waals surface area contributed by atoms with Gasteiger partial charge in [0.15, 0.2) is 5.16 Å². The maximum Gasteiger partial charge on any atom is 0.266 e. The summed E-state index contributed by atoms with van der Waals surface area (Å²) in [4.78, 5) is 32.4. The number of carbonyl (C=O) groups is 1. The molecule has 0 saturated carbocycles. The number of fused-ring (bicyclic) bond motifs is 1. The van der Waals surface area contributed by atoms with Gasteiger partial charge in [-0.1, -0.05) is 36.0 Å². The largest absolute Gasteiger partial charge is 0.344 e. The zero-order valence-electron chi connectivity index (χ0n) is 17.5. The third-order valence-electron chi connectivity index (χ3n) is 4.92. The molecule has 1 aromatic heterocycles. The van der Waals surface area contributed by atoms with Crippen molar-refractivity contribution in [3.8, 4) is 11.8 Å². The number of hydrogen-bond donors (Lipinski definition) is 0. The van der Waals surface area contributed by atoms with Crippen molar-refractivity contribution in [3.05, 3.63) is 63.9 Å². The molecule has 2 aromatic carbocycles. The van der Waals surface area contributed by atoms with Gasteiger partial charge in [0.05, 0.1) is 34.3 Å². The first kappa shape index (κ1) is 21.6. The number of carbonyl (C=O) groups excluding carboxylic acids is 1. The van der Waals surface area contributed by atoms with Gasteiger partial charge in [0, 0.05) is 13.6 Å². The number of hydrogen-bond acceptors (Lipinski definition) is 5. The van der Waals surface area contributed by atoms with E-state index in [1.165, 1.54) is 11.8 Å². The minimum absolute atomic E-state index is 0.106. The van der Waals surface area contributed by atoms with Crippen LogP contribution in [0.2, 0.25) is 0 Å². The van der Waals surface area contributed by atoms with Crippen molar-refractivity contribution in [3.63, 3.8) is 0 Å². The van der Waals surface area contributed by atoms with Crippen molar-refractivity contribution in [2.45, 2.75) is 37.6 Å². The quantitative estimate of drug-likeness (QED) is 0.447. The molecule has 0 N–H and O–H groups in total. The van der Waals surface area contributed by atoms with E-state index in [4.69, 9.17) is 10.2 Å². The first-order valence-electron chi connectivity index (χ1n) is 9.71. The van der Waals surface area contributed by atoms with E-state index in [1.807, 2.05) is 44.2 Å². The molecule has 154 valence electrons. The summed E-state index contributed by atoms with van der Waals surface area (Å²) in [5.41, 5.74) is 3.19. The predicted octanol–water partition coefficient (Wildman–Crippen LogP) is 3.86. The number of rotatable bonds is 6. The Morgan fingerprint density at radius 1 is 1.27 bits per heavy atom. The molecule has 0 saturated heterocycles.